The van der Waals surface area contributed by atoms with Crippen molar-refractivity contribution < 1.29 is 4.74 Å². The van der Waals surface area contributed by atoms with Crippen LogP contribution < -0.4 is 4.90 Å². The largest absolute Gasteiger partial charge is 0.378 e. The van der Waals surface area contributed by atoms with Gasteiger partial charge in [0.15, 0.2) is 0 Å². The summed E-state index contributed by atoms with van der Waals surface area (Å²) in [6.45, 7) is 1.28. The van der Waals surface area contributed by atoms with E-state index >= 15 is 0 Å². The van der Waals surface area contributed by atoms with Gasteiger partial charge in [0.2, 0.25) is 0 Å². The number of hydrogen-bond acceptors (Lipinski definition) is 4. The highest BCUT2D eigenvalue weighted by molar-refractivity contribution is 6.31. The Morgan fingerprint density at radius 3 is 3.11 bits per heavy atom. The zero-order chi connectivity index (χ0) is 13.4. The Morgan fingerprint density at radius 1 is 1.53 bits per heavy atom. The molecular formula is C14H12ClN3O. The molecule has 0 aliphatic carbocycles. The van der Waals surface area contributed by atoms with E-state index in [1.165, 1.54) is 0 Å². The molecular weight excluding hydrogens is 262 g/mol. The molecule has 2 aliphatic heterocycles. The molecule has 1 aromatic carbocycles. The van der Waals surface area contributed by atoms with Gasteiger partial charge in [-0.1, -0.05) is 11.6 Å². The number of rotatable bonds is 1. The van der Waals surface area contributed by atoms with Gasteiger partial charge in [-0.3, -0.25) is 4.99 Å². The van der Waals surface area contributed by atoms with Crippen LogP contribution in [0.5, 0.6) is 0 Å². The molecule has 19 heavy (non-hydrogen) atoms. The zero-order valence-corrected chi connectivity index (χ0v) is 11.2. The molecule has 1 aromatic rings. The minimum absolute atomic E-state index is 0.0466. The van der Waals surface area contributed by atoms with Gasteiger partial charge in [0.1, 0.15) is 11.9 Å². The van der Waals surface area contributed by atoms with Gasteiger partial charge in [0.05, 0.1) is 24.8 Å². The van der Waals surface area contributed by atoms with Crippen LogP contribution in [-0.2, 0) is 4.74 Å². The number of aliphatic imine (C=N–C) groups is 1. The second kappa shape index (κ2) is 4.69. The number of anilines is 1. The highest BCUT2D eigenvalue weighted by Crippen LogP contribution is 2.33. The fraction of sp³-hybridized carbons (Fsp3) is 0.286. The van der Waals surface area contributed by atoms with Crippen LogP contribution >= 0.6 is 11.6 Å². The summed E-state index contributed by atoms with van der Waals surface area (Å²) in [5.41, 5.74) is 2.54. The molecule has 2 aliphatic rings. The highest BCUT2D eigenvalue weighted by Gasteiger charge is 2.30. The summed E-state index contributed by atoms with van der Waals surface area (Å²) in [5.74, 6) is 0.727. The van der Waals surface area contributed by atoms with Crippen molar-refractivity contribution in [2.45, 2.75) is 6.10 Å². The van der Waals surface area contributed by atoms with Crippen LogP contribution in [-0.4, -0.2) is 32.1 Å². The SMILES string of the molecule is COC1CN=C2C(C#N)=Cc3cc(Cl)ccc3N2C1. The van der Waals surface area contributed by atoms with Crippen LogP contribution in [0.2, 0.25) is 5.02 Å². The molecule has 0 saturated heterocycles. The first-order valence-corrected chi connectivity index (χ1v) is 6.37. The van der Waals surface area contributed by atoms with Crippen molar-refractivity contribution in [1.82, 2.24) is 0 Å². The van der Waals surface area contributed by atoms with Crippen molar-refractivity contribution in [3.8, 4) is 6.07 Å². The van der Waals surface area contributed by atoms with Gasteiger partial charge in [-0.2, -0.15) is 5.26 Å². The average Bonchev–Trinajstić information content (AvgIpc) is 2.45. The summed E-state index contributed by atoms with van der Waals surface area (Å²) >= 11 is 6.01. The third-order valence-corrected chi connectivity index (χ3v) is 3.60. The molecule has 96 valence electrons. The summed E-state index contributed by atoms with van der Waals surface area (Å²) in [4.78, 5) is 6.50. The number of amidine groups is 1. The van der Waals surface area contributed by atoms with E-state index in [2.05, 4.69) is 11.1 Å². The first kappa shape index (κ1) is 12.2. The molecule has 0 radical (unpaired) electrons. The normalized spacial score (nSPS) is 20.9. The van der Waals surface area contributed by atoms with E-state index in [-0.39, 0.29) is 6.10 Å². The fourth-order valence-electron chi connectivity index (χ4n) is 2.40. The quantitative estimate of drug-likeness (QED) is 0.790. The van der Waals surface area contributed by atoms with Crippen LogP contribution in [0.4, 0.5) is 5.69 Å². The summed E-state index contributed by atoms with van der Waals surface area (Å²) in [6.07, 6.45) is 1.88. The Bertz CT molecular complexity index is 630. The lowest BCUT2D eigenvalue weighted by atomic mass is 10.0. The number of nitrogens with zero attached hydrogens (tertiary/aromatic N) is 3. The Morgan fingerprint density at radius 2 is 2.37 bits per heavy atom. The van der Waals surface area contributed by atoms with E-state index in [1.54, 1.807) is 7.11 Å². The molecule has 0 saturated carbocycles. The molecule has 0 bridgehead atoms. The van der Waals surface area contributed by atoms with Crippen LogP contribution in [0.3, 0.4) is 0 Å². The summed E-state index contributed by atoms with van der Waals surface area (Å²) < 4.78 is 5.37. The maximum Gasteiger partial charge on any atom is 0.146 e. The molecule has 0 fully saturated rings. The molecule has 5 heteroatoms. The molecule has 0 aromatic heterocycles. The lowest BCUT2D eigenvalue weighted by Crippen LogP contribution is -2.46. The van der Waals surface area contributed by atoms with Gasteiger partial charge in [-0.25, -0.2) is 0 Å². The zero-order valence-electron chi connectivity index (χ0n) is 10.4. The van der Waals surface area contributed by atoms with Gasteiger partial charge in [0.25, 0.3) is 0 Å². The lowest BCUT2D eigenvalue weighted by molar-refractivity contribution is 0.114. The number of fused-ring (bicyclic) bond motifs is 3. The molecule has 1 unspecified atom stereocenters. The summed E-state index contributed by atoms with van der Waals surface area (Å²) in [6, 6.07) is 7.86. The molecule has 0 N–H and O–H groups in total. The smallest absolute Gasteiger partial charge is 0.146 e. The topological polar surface area (TPSA) is 48.6 Å². The Labute approximate surface area is 116 Å². The van der Waals surface area contributed by atoms with Crippen molar-refractivity contribution >= 4 is 29.2 Å². The number of benzene rings is 1. The van der Waals surface area contributed by atoms with Gasteiger partial charge in [-0.05, 0) is 24.3 Å². The van der Waals surface area contributed by atoms with Crippen LogP contribution in [0.25, 0.3) is 6.08 Å². The van der Waals surface area contributed by atoms with E-state index in [0.29, 0.717) is 23.7 Å². The molecule has 1 atom stereocenters. The number of halogens is 1. The first-order chi connectivity index (χ1) is 9.22. The lowest BCUT2D eigenvalue weighted by Gasteiger charge is -2.36. The van der Waals surface area contributed by atoms with Crippen LogP contribution in [0.15, 0.2) is 28.8 Å². The summed E-state index contributed by atoms with van der Waals surface area (Å²) in [7, 11) is 1.68. The maximum absolute atomic E-state index is 9.26. The van der Waals surface area contributed by atoms with Crippen LogP contribution in [0, 0.1) is 11.3 Å². The average molecular weight is 274 g/mol. The van der Waals surface area contributed by atoms with Gasteiger partial charge >= 0.3 is 0 Å². The van der Waals surface area contributed by atoms with E-state index in [4.69, 9.17) is 16.3 Å². The third-order valence-electron chi connectivity index (χ3n) is 3.36. The minimum atomic E-state index is 0.0466. The standard InChI is InChI=1S/C14H12ClN3O/c1-19-12-7-17-14-10(6-16)4-9-5-11(15)2-3-13(9)18(14)8-12/h2-5,12H,7-8H2,1H3. The van der Waals surface area contributed by atoms with Crippen molar-refractivity contribution in [1.29, 1.82) is 5.26 Å². The minimum Gasteiger partial charge on any atom is -0.378 e. The first-order valence-electron chi connectivity index (χ1n) is 5.99. The number of nitriles is 1. The number of hydrogen-bond donors (Lipinski definition) is 0. The second-order valence-electron chi connectivity index (χ2n) is 4.51. The number of methoxy groups -OCH3 is 1. The number of ether oxygens (including phenoxy) is 1. The molecule has 2 heterocycles. The van der Waals surface area contributed by atoms with Crippen molar-refractivity contribution in [3.63, 3.8) is 0 Å². The van der Waals surface area contributed by atoms with Crippen molar-refractivity contribution in [2.75, 3.05) is 25.1 Å². The van der Waals surface area contributed by atoms with E-state index in [9.17, 15) is 5.26 Å². The molecule has 0 spiro atoms. The Kier molecular flexibility index (Phi) is 3.02. The van der Waals surface area contributed by atoms with Gasteiger partial charge in [-0.15, -0.1) is 0 Å². The van der Waals surface area contributed by atoms with Crippen molar-refractivity contribution in [3.05, 3.63) is 34.4 Å². The Hall–Kier alpha value is -1.83. The molecule has 0 amide bonds. The van der Waals surface area contributed by atoms with E-state index in [0.717, 1.165) is 17.1 Å². The molecule has 3 rings (SSSR count). The van der Waals surface area contributed by atoms with E-state index < -0.39 is 0 Å². The second-order valence-corrected chi connectivity index (χ2v) is 4.94. The highest BCUT2D eigenvalue weighted by atomic mass is 35.5. The molecule has 4 nitrogen and oxygen atoms in total. The monoisotopic (exact) mass is 273 g/mol. The van der Waals surface area contributed by atoms with E-state index in [1.807, 2.05) is 29.2 Å². The van der Waals surface area contributed by atoms with Gasteiger partial charge in [0, 0.05) is 23.4 Å². The van der Waals surface area contributed by atoms with Gasteiger partial charge < -0.3 is 9.64 Å². The predicted molar refractivity (Wildman–Crippen MR) is 75.5 cm³/mol. The third kappa shape index (κ3) is 2.01. The fourth-order valence-corrected chi connectivity index (χ4v) is 2.58. The Balaban J connectivity index is 2.14. The van der Waals surface area contributed by atoms with Crippen LogP contribution in [0.1, 0.15) is 5.56 Å². The predicted octanol–water partition coefficient (Wildman–Crippen LogP) is 2.49. The van der Waals surface area contributed by atoms with Crippen molar-refractivity contribution in [2.24, 2.45) is 4.99 Å². The summed E-state index contributed by atoms with van der Waals surface area (Å²) in [5, 5.41) is 9.92. The maximum atomic E-state index is 9.26.